The third-order valence-electron chi connectivity index (χ3n) is 5.13. The lowest BCUT2D eigenvalue weighted by Crippen LogP contribution is -2.23. The summed E-state index contributed by atoms with van der Waals surface area (Å²) >= 11 is 1.08. The largest absolute Gasteiger partial charge is 0.497 e. The highest BCUT2D eigenvalue weighted by atomic mass is 32.2. The van der Waals surface area contributed by atoms with Gasteiger partial charge in [-0.25, -0.2) is 9.37 Å². The molecule has 1 amide bonds. The van der Waals surface area contributed by atoms with Gasteiger partial charge in [-0.2, -0.15) is 0 Å². The first kappa shape index (κ1) is 23.3. The molecule has 4 rings (SSSR count). The molecular weight excluding hydrogens is 457 g/mol. The first-order valence-electron chi connectivity index (χ1n) is 10.3. The standard InChI is InChI=1S/C25H22FN3O4S/c1-15-8-9-17(12-21(15)26)29-24(31)20-6-4-5-7-22(20)28-25(29)34-14-23(30)27-16-10-18(32-2)13-19(11-16)33-3/h4-13H,14H2,1-3H3,(H,27,30). The summed E-state index contributed by atoms with van der Waals surface area (Å²) < 4.78 is 26.1. The zero-order chi connectivity index (χ0) is 24.2. The number of methoxy groups -OCH3 is 2. The van der Waals surface area contributed by atoms with E-state index in [1.807, 2.05) is 0 Å². The molecule has 3 aromatic carbocycles. The molecule has 0 aliphatic carbocycles. The summed E-state index contributed by atoms with van der Waals surface area (Å²) in [7, 11) is 3.05. The van der Waals surface area contributed by atoms with Crippen LogP contribution in [0.2, 0.25) is 0 Å². The minimum atomic E-state index is -0.432. The lowest BCUT2D eigenvalue weighted by atomic mass is 10.2. The third-order valence-corrected chi connectivity index (χ3v) is 6.06. The molecule has 0 aliphatic rings. The molecule has 9 heteroatoms. The molecule has 0 saturated carbocycles. The number of benzene rings is 3. The van der Waals surface area contributed by atoms with Gasteiger partial charge in [0.05, 0.1) is 36.6 Å². The second-order valence-corrected chi connectivity index (χ2v) is 8.37. The Kier molecular flexibility index (Phi) is 6.83. The van der Waals surface area contributed by atoms with Gasteiger partial charge < -0.3 is 14.8 Å². The van der Waals surface area contributed by atoms with Crippen LogP contribution < -0.4 is 20.3 Å². The van der Waals surface area contributed by atoms with Crippen LogP contribution in [0.25, 0.3) is 16.6 Å². The van der Waals surface area contributed by atoms with E-state index in [2.05, 4.69) is 10.3 Å². The zero-order valence-electron chi connectivity index (χ0n) is 18.8. The smallest absolute Gasteiger partial charge is 0.266 e. The molecule has 0 bridgehead atoms. The highest BCUT2D eigenvalue weighted by molar-refractivity contribution is 7.99. The average Bonchev–Trinajstić information content (AvgIpc) is 2.84. The maximum Gasteiger partial charge on any atom is 0.266 e. The number of amides is 1. The topological polar surface area (TPSA) is 82.5 Å². The van der Waals surface area contributed by atoms with Gasteiger partial charge in [-0.05, 0) is 36.8 Å². The van der Waals surface area contributed by atoms with Crippen molar-refractivity contribution in [3.63, 3.8) is 0 Å². The van der Waals surface area contributed by atoms with Gasteiger partial charge in [0, 0.05) is 23.9 Å². The van der Waals surface area contributed by atoms with Crippen molar-refractivity contribution >= 4 is 34.3 Å². The fourth-order valence-corrected chi connectivity index (χ4v) is 4.18. The van der Waals surface area contributed by atoms with Crippen LogP contribution in [-0.2, 0) is 4.79 Å². The van der Waals surface area contributed by atoms with Crippen molar-refractivity contribution in [1.29, 1.82) is 0 Å². The Bertz CT molecular complexity index is 1420. The first-order valence-corrected chi connectivity index (χ1v) is 11.3. The van der Waals surface area contributed by atoms with Crippen molar-refractivity contribution in [3.05, 3.63) is 82.4 Å². The molecule has 1 aromatic heterocycles. The summed E-state index contributed by atoms with van der Waals surface area (Å²) in [5, 5.41) is 3.48. The van der Waals surface area contributed by atoms with E-state index in [0.29, 0.717) is 39.3 Å². The van der Waals surface area contributed by atoms with E-state index < -0.39 is 5.82 Å². The Hall–Kier alpha value is -3.85. The normalized spacial score (nSPS) is 10.8. The summed E-state index contributed by atoms with van der Waals surface area (Å²) in [5.41, 5.74) is 1.47. The van der Waals surface area contributed by atoms with E-state index in [4.69, 9.17) is 9.47 Å². The van der Waals surface area contributed by atoms with Crippen LogP contribution in [0.3, 0.4) is 0 Å². The number of anilines is 1. The monoisotopic (exact) mass is 479 g/mol. The van der Waals surface area contributed by atoms with Crippen LogP contribution in [0, 0.1) is 12.7 Å². The molecule has 0 unspecified atom stereocenters. The van der Waals surface area contributed by atoms with E-state index >= 15 is 0 Å². The van der Waals surface area contributed by atoms with E-state index in [0.717, 1.165) is 11.8 Å². The third kappa shape index (κ3) is 4.89. The highest BCUT2D eigenvalue weighted by Gasteiger charge is 2.16. The van der Waals surface area contributed by atoms with Crippen LogP contribution >= 0.6 is 11.8 Å². The first-order chi connectivity index (χ1) is 16.4. The fourth-order valence-electron chi connectivity index (χ4n) is 3.36. The van der Waals surface area contributed by atoms with Crippen molar-refractivity contribution < 1.29 is 18.7 Å². The Morgan fingerprint density at radius 1 is 1.06 bits per heavy atom. The predicted octanol–water partition coefficient (Wildman–Crippen LogP) is 4.58. The van der Waals surface area contributed by atoms with Crippen molar-refractivity contribution in [1.82, 2.24) is 9.55 Å². The Labute approximate surface area is 199 Å². The van der Waals surface area contributed by atoms with E-state index in [-0.39, 0.29) is 22.4 Å². The van der Waals surface area contributed by atoms with Gasteiger partial charge in [-0.3, -0.25) is 14.2 Å². The Morgan fingerprint density at radius 3 is 2.44 bits per heavy atom. The number of aromatic nitrogens is 2. The Balaban J connectivity index is 1.65. The molecule has 0 saturated heterocycles. The van der Waals surface area contributed by atoms with Crippen LogP contribution in [0.1, 0.15) is 5.56 Å². The molecule has 1 N–H and O–H groups in total. The molecule has 0 radical (unpaired) electrons. The van der Waals surface area contributed by atoms with E-state index in [1.54, 1.807) is 61.5 Å². The number of hydrogen-bond acceptors (Lipinski definition) is 6. The molecule has 0 fully saturated rings. The molecule has 174 valence electrons. The predicted molar refractivity (Wildman–Crippen MR) is 131 cm³/mol. The molecule has 4 aromatic rings. The highest BCUT2D eigenvalue weighted by Crippen LogP contribution is 2.27. The van der Waals surface area contributed by atoms with Gasteiger partial charge in [-0.1, -0.05) is 30.0 Å². The number of halogens is 1. The number of fused-ring (bicyclic) bond motifs is 1. The summed E-state index contributed by atoms with van der Waals surface area (Å²) in [6.45, 7) is 1.65. The maximum atomic E-state index is 14.3. The number of carbonyl (C=O) groups excluding carboxylic acids is 1. The Morgan fingerprint density at radius 2 is 1.76 bits per heavy atom. The van der Waals surface area contributed by atoms with Gasteiger partial charge in [-0.15, -0.1) is 0 Å². The quantitative estimate of drug-likeness (QED) is 0.309. The number of nitrogens with zero attached hydrogens (tertiary/aromatic N) is 2. The minimum absolute atomic E-state index is 0.0291. The summed E-state index contributed by atoms with van der Waals surface area (Å²) in [6.07, 6.45) is 0. The molecule has 0 spiro atoms. The van der Waals surface area contributed by atoms with Crippen LogP contribution in [0.4, 0.5) is 10.1 Å². The molecule has 0 aliphatic heterocycles. The lowest BCUT2D eigenvalue weighted by molar-refractivity contribution is -0.113. The second kappa shape index (κ2) is 9.96. The number of ether oxygens (including phenoxy) is 2. The summed E-state index contributed by atoms with van der Waals surface area (Å²) in [5.74, 6) is 0.295. The second-order valence-electron chi connectivity index (χ2n) is 7.42. The van der Waals surface area contributed by atoms with E-state index in [9.17, 15) is 14.0 Å². The number of carbonyl (C=O) groups is 1. The number of rotatable bonds is 7. The SMILES string of the molecule is COc1cc(NC(=O)CSc2nc3ccccc3c(=O)n2-c2ccc(C)c(F)c2)cc(OC)c1. The number of thioether (sulfide) groups is 1. The van der Waals surface area contributed by atoms with Crippen molar-refractivity contribution in [2.24, 2.45) is 0 Å². The van der Waals surface area contributed by atoms with Crippen LogP contribution in [0.15, 0.2) is 70.6 Å². The average molecular weight is 480 g/mol. The van der Waals surface area contributed by atoms with Gasteiger partial charge >= 0.3 is 0 Å². The van der Waals surface area contributed by atoms with Crippen LogP contribution in [-0.4, -0.2) is 35.4 Å². The van der Waals surface area contributed by atoms with Crippen molar-refractivity contribution in [2.45, 2.75) is 12.1 Å². The lowest BCUT2D eigenvalue weighted by Gasteiger charge is -2.14. The number of nitrogens with one attached hydrogen (secondary N) is 1. The van der Waals surface area contributed by atoms with Gasteiger partial charge in [0.25, 0.3) is 5.56 Å². The molecule has 0 atom stereocenters. The fraction of sp³-hybridized carbons (Fsp3) is 0.160. The number of hydrogen-bond donors (Lipinski definition) is 1. The van der Waals surface area contributed by atoms with Gasteiger partial charge in [0.2, 0.25) is 5.91 Å². The number of aryl methyl sites for hydroxylation is 1. The minimum Gasteiger partial charge on any atom is -0.497 e. The zero-order valence-corrected chi connectivity index (χ0v) is 19.6. The van der Waals surface area contributed by atoms with Gasteiger partial charge in [0.15, 0.2) is 5.16 Å². The molecular formula is C25H22FN3O4S. The van der Waals surface area contributed by atoms with Crippen LogP contribution in [0.5, 0.6) is 11.5 Å². The molecule has 7 nitrogen and oxygen atoms in total. The molecule has 34 heavy (non-hydrogen) atoms. The van der Waals surface area contributed by atoms with Crippen molar-refractivity contribution in [3.8, 4) is 17.2 Å². The number of para-hydroxylation sites is 1. The van der Waals surface area contributed by atoms with Crippen molar-refractivity contribution in [2.75, 3.05) is 25.3 Å². The molecule has 1 heterocycles. The van der Waals surface area contributed by atoms with E-state index in [1.165, 1.54) is 24.9 Å². The van der Waals surface area contributed by atoms with Gasteiger partial charge in [0.1, 0.15) is 17.3 Å². The summed E-state index contributed by atoms with van der Waals surface area (Å²) in [4.78, 5) is 30.6. The summed E-state index contributed by atoms with van der Waals surface area (Å²) in [6, 6.07) is 16.5. The maximum absolute atomic E-state index is 14.3.